The van der Waals surface area contributed by atoms with Crippen LogP contribution in [0.3, 0.4) is 0 Å². The highest BCUT2D eigenvalue weighted by molar-refractivity contribution is 7.73. The van der Waals surface area contributed by atoms with Crippen molar-refractivity contribution >= 4 is 39.5 Å². The number of hydrogen-bond donors (Lipinski definition) is 1. The molecule has 0 saturated carbocycles. The maximum atomic E-state index is 5.69. The van der Waals surface area contributed by atoms with Crippen molar-refractivity contribution in [3.63, 3.8) is 0 Å². The van der Waals surface area contributed by atoms with E-state index in [0.29, 0.717) is 9.77 Å². The molecule has 0 fully saturated rings. The molecule has 1 aromatic heterocycles. The summed E-state index contributed by atoms with van der Waals surface area (Å²) in [6.07, 6.45) is 0. The standard InChI is InChI=1S/C8H6N2S2/c9-7-5-3-1-2-4-6(5)12-8(11)10-7/h1-4H,(H2,9,10,11). The molecule has 0 saturated heterocycles. The molecular formula is C8H6N2S2. The summed E-state index contributed by atoms with van der Waals surface area (Å²) in [7, 11) is 0. The minimum absolute atomic E-state index is 0.523. The Morgan fingerprint density at radius 2 is 2.08 bits per heavy atom. The van der Waals surface area contributed by atoms with Gasteiger partial charge in [-0.1, -0.05) is 12.1 Å². The third-order valence-corrected chi connectivity index (χ3v) is 2.76. The number of rotatable bonds is 0. The predicted octanol–water partition coefficient (Wildman–Crippen LogP) is 2.61. The van der Waals surface area contributed by atoms with E-state index in [1.807, 2.05) is 24.3 Å². The van der Waals surface area contributed by atoms with E-state index < -0.39 is 0 Å². The highest BCUT2D eigenvalue weighted by Crippen LogP contribution is 2.22. The van der Waals surface area contributed by atoms with Gasteiger partial charge in [0.25, 0.3) is 0 Å². The van der Waals surface area contributed by atoms with Gasteiger partial charge in [-0.15, -0.1) is 11.3 Å². The molecule has 0 spiro atoms. The number of nitrogens with two attached hydrogens (primary N) is 1. The lowest BCUT2D eigenvalue weighted by Gasteiger charge is -1.97. The maximum absolute atomic E-state index is 5.69. The number of fused-ring (bicyclic) bond motifs is 1. The van der Waals surface area contributed by atoms with E-state index in [0.717, 1.165) is 10.1 Å². The molecule has 2 N–H and O–H groups in total. The first kappa shape index (κ1) is 7.64. The van der Waals surface area contributed by atoms with E-state index in [2.05, 4.69) is 4.98 Å². The topological polar surface area (TPSA) is 38.9 Å². The minimum Gasteiger partial charge on any atom is -0.383 e. The number of benzene rings is 1. The third-order valence-electron chi connectivity index (χ3n) is 1.57. The summed E-state index contributed by atoms with van der Waals surface area (Å²) in [6.45, 7) is 0. The first-order chi connectivity index (χ1) is 5.77. The van der Waals surface area contributed by atoms with Crippen LogP contribution in [0.2, 0.25) is 0 Å². The van der Waals surface area contributed by atoms with E-state index in [-0.39, 0.29) is 0 Å². The average molecular weight is 194 g/mol. The number of nitrogen functional groups attached to an aromatic ring is 1. The molecule has 0 atom stereocenters. The maximum Gasteiger partial charge on any atom is 0.183 e. The third kappa shape index (κ3) is 1.19. The number of nitrogens with zero attached hydrogens (tertiary/aromatic N) is 1. The van der Waals surface area contributed by atoms with Crippen molar-refractivity contribution in [3.8, 4) is 0 Å². The summed E-state index contributed by atoms with van der Waals surface area (Å²) in [5, 5.41) is 0.983. The quantitative estimate of drug-likeness (QED) is 0.655. The molecule has 4 heteroatoms. The molecule has 0 radical (unpaired) electrons. The van der Waals surface area contributed by atoms with Gasteiger partial charge >= 0.3 is 0 Å². The minimum atomic E-state index is 0.523. The summed E-state index contributed by atoms with van der Waals surface area (Å²) >= 11 is 6.43. The lowest BCUT2D eigenvalue weighted by Crippen LogP contribution is -1.89. The van der Waals surface area contributed by atoms with Crippen molar-refractivity contribution < 1.29 is 0 Å². The zero-order chi connectivity index (χ0) is 8.55. The SMILES string of the molecule is Nc1nc(=S)sc2ccccc12. The fraction of sp³-hybridized carbons (Fsp3) is 0. The van der Waals surface area contributed by atoms with E-state index in [1.54, 1.807) is 0 Å². The second-order valence-corrected chi connectivity index (χ2v) is 4.04. The first-order valence-corrected chi connectivity index (χ1v) is 4.65. The molecule has 2 aromatic rings. The lowest BCUT2D eigenvalue weighted by atomic mass is 10.3. The van der Waals surface area contributed by atoms with Gasteiger partial charge in [0, 0.05) is 10.1 Å². The molecule has 1 aromatic carbocycles. The molecular weight excluding hydrogens is 188 g/mol. The monoisotopic (exact) mass is 194 g/mol. The second kappa shape index (κ2) is 2.80. The Balaban J connectivity index is 2.99. The molecule has 1 heterocycles. The molecule has 2 nitrogen and oxygen atoms in total. The Morgan fingerprint density at radius 1 is 1.33 bits per heavy atom. The summed E-state index contributed by atoms with van der Waals surface area (Å²) in [5.74, 6) is 0.523. The average Bonchev–Trinajstić information content (AvgIpc) is 2.04. The van der Waals surface area contributed by atoms with Gasteiger partial charge in [-0.25, -0.2) is 4.98 Å². The van der Waals surface area contributed by atoms with Gasteiger partial charge in [0.2, 0.25) is 0 Å². The molecule has 0 aliphatic heterocycles. The molecule has 0 bridgehead atoms. The van der Waals surface area contributed by atoms with Gasteiger partial charge in [0.15, 0.2) is 3.95 Å². The van der Waals surface area contributed by atoms with Gasteiger partial charge in [0.1, 0.15) is 5.82 Å². The van der Waals surface area contributed by atoms with Crippen molar-refractivity contribution in [1.82, 2.24) is 4.98 Å². The van der Waals surface area contributed by atoms with Crippen LogP contribution < -0.4 is 5.73 Å². The van der Waals surface area contributed by atoms with E-state index >= 15 is 0 Å². The Kier molecular flexibility index (Phi) is 1.78. The van der Waals surface area contributed by atoms with Crippen LogP contribution in [0.25, 0.3) is 10.1 Å². The van der Waals surface area contributed by atoms with E-state index in [1.165, 1.54) is 11.3 Å². The summed E-state index contributed by atoms with van der Waals surface area (Å²) in [6, 6.07) is 7.85. The Bertz CT molecular complexity index is 476. The first-order valence-electron chi connectivity index (χ1n) is 3.43. The van der Waals surface area contributed by atoms with E-state index in [4.69, 9.17) is 18.0 Å². The molecule has 12 heavy (non-hydrogen) atoms. The summed E-state index contributed by atoms with van der Waals surface area (Å²) < 4.78 is 1.68. The lowest BCUT2D eigenvalue weighted by molar-refractivity contribution is 1.39. The highest BCUT2D eigenvalue weighted by atomic mass is 32.1. The normalized spacial score (nSPS) is 10.3. The highest BCUT2D eigenvalue weighted by Gasteiger charge is 1.97. The fourth-order valence-corrected chi connectivity index (χ4v) is 2.17. The van der Waals surface area contributed by atoms with Gasteiger partial charge < -0.3 is 5.73 Å². The van der Waals surface area contributed by atoms with Crippen molar-refractivity contribution in [2.45, 2.75) is 0 Å². The van der Waals surface area contributed by atoms with Crippen LogP contribution in [0.4, 0.5) is 5.82 Å². The molecule has 0 aliphatic rings. The summed E-state index contributed by atoms with van der Waals surface area (Å²) in [5.41, 5.74) is 5.69. The smallest absolute Gasteiger partial charge is 0.183 e. The van der Waals surface area contributed by atoms with Crippen LogP contribution in [0.15, 0.2) is 24.3 Å². The molecule has 0 aliphatic carbocycles. The zero-order valence-corrected chi connectivity index (χ0v) is 7.78. The zero-order valence-electron chi connectivity index (χ0n) is 6.15. The summed E-state index contributed by atoms with van der Waals surface area (Å²) in [4.78, 5) is 4.01. The van der Waals surface area contributed by atoms with Gasteiger partial charge in [-0.2, -0.15) is 0 Å². The number of anilines is 1. The van der Waals surface area contributed by atoms with Crippen LogP contribution in [-0.2, 0) is 0 Å². The van der Waals surface area contributed by atoms with Crippen LogP contribution in [-0.4, -0.2) is 4.98 Å². The van der Waals surface area contributed by atoms with Gasteiger partial charge in [-0.3, -0.25) is 0 Å². The van der Waals surface area contributed by atoms with Gasteiger partial charge in [0.05, 0.1) is 0 Å². The Morgan fingerprint density at radius 3 is 2.92 bits per heavy atom. The van der Waals surface area contributed by atoms with Crippen molar-refractivity contribution in [2.75, 3.05) is 5.73 Å². The van der Waals surface area contributed by atoms with Crippen molar-refractivity contribution in [3.05, 3.63) is 28.2 Å². The van der Waals surface area contributed by atoms with Crippen LogP contribution >= 0.6 is 23.6 Å². The Labute approximate surface area is 78.7 Å². The molecule has 60 valence electrons. The van der Waals surface area contributed by atoms with Crippen LogP contribution in [0.5, 0.6) is 0 Å². The number of hydrogen-bond acceptors (Lipinski definition) is 4. The molecule has 2 rings (SSSR count). The second-order valence-electron chi connectivity index (χ2n) is 2.36. The van der Waals surface area contributed by atoms with Gasteiger partial charge in [-0.05, 0) is 24.4 Å². The predicted molar refractivity (Wildman–Crippen MR) is 54.9 cm³/mol. The van der Waals surface area contributed by atoms with Crippen molar-refractivity contribution in [1.29, 1.82) is 0 Å². The largest absolute Gasteiger partial charge is 0.383 e. The van der Waals surface area contributed by atoms with Crippen molar-refractivity contribution in [2.24, 2.45) is 0 Å². The van der Waals surface area contributed by atoms with E-state index in [9.17, 15) is 0 Å². The fourth-order valence-electron chi connectivity index (χ4n) is 1.04. The van der Waals surface area contributed by atoms with Crippen LogP contribution in [0.1, 0.15) is 0 Å². The van der Waals surface area contributed by atoms with Crippen LogP contribution in [0, 0.1) is 3.95 Å². The Hall–Kier alpha value is -1.00. The molecule has 0 amide bonds. The number of aromatic nitrogens is 1. The molecule has 0 unspecified atom stereocenters.